The highest BCUT2D eigenvalue weighted by atomic mass is 35.5. The minimum atomic E-state index is -0.418. The van der Waals surface area contributed by atoms with Crippen LogP contribution in [0.2, 0.25) is 5.02 Å². The highest BCUT2D eigenvalue weighted by Crippen LogP contribution is 2.30. The van der Waals surface area contributed by atoms with Crippen molar-refractivity contribution in [3.63, 3.8) is 0 Å². The van der Waals surface area contributed by atoms with Crippen molar-refractivity contribution in [1.29, 1.82) is 0 Å². The number of hydrogen-bond donors (Lipinski definition) is 0. The molecule has 0 aliphatic rings. The van der Waals surface area contributed by atoms with Gasteiger partial charge in [0, 0.05) is 18.0 Å². The van der Waals surface area contributed by atoms with Gasteiger partial charge in [-0.15, -0.1) is 11.3 Å². The molecule has 0 aliphatic carbocycles. The van der Waals surface area contributed by atoms with Crippen LogP contribution in [0.15, 0.2) is 29.6 Å². The molecule has 7 heteroatoms. The van der Waals surface area contributed by atoms with Crippen molar-refractivity contribution in [2.24, 2.45) is 0 Å². The van der Waals surface area contributed by atoms with E-state index in [1.807, 2.05) is 23.6 Å². The van der Waals surface area contributed by atoms with E-state index in [9.17, 15) is 9.59 Å². The number of carbonyl (C=O) groups is 2. The second-order valence-corrected chi connectivity index (χ2v) is 6.12. The molecule has 1 heterocycles. The molecule has 0 radical (unpaired) electrons. The third-order valence-electron chi connectivity index (χ3n) is 3.09. The van der Waals surface area contributed by atoms with E-state index < -0.39 is 5.97 Å². The van der Waals surface area contributed by atoms with E-state index in [0.717, 1.165) is 10.6 Å². The zero-order valence-corrected chi connectivity index (χ0v) is 14.5. The van der Waals surface area contributed by atoms with Crippen LogP contribution < -0.4 is 0 Å². The minimum Gasteiger partial charge on any atom is -0.465 e. The molecule has 0 saturated heterocycles. The summed E-state index contributed by atoms with van der Waals surface area (Å²) < 4.78 is 4.83. The molecule has 1 aromatic carbocycles. The molecule has 0 atom stereocenters. The number of rotatable bonds is 6. The summed E-state index contributed by atoms with van der Waals surface area (Å²) in [5, 5.41) is 3.22. The number of ether oxygens (including phenoxy) is 1. The lowest BCUT2D eigenvalue weighted by Crippen LogP contribution is -2.34. The molecular formula is C16H17ClN2O3S. The maximum atomic E-state index is 12.1. The Kier molecular flexibility index (Phi) is 6.12. The lowest BCUT2D eigenvalue weighted by atomic mass is 10.2. The van der Waals surface area contributed by atoms with Gasteiger partial charge in [0.05, 0.1) is 23.7 Å². The molecule has 0 spiro atoms. The Hall–Kier alpha value is -1.92. The van der Waals surface area contributed by atoms with Gasteiger partial charge in [0.15, 0.2) is 0 Å². The van der Waals surface area contributed by atoms with Gasteiger partial charge in [0.25, 0.3) is 0 Å². The normalized spacial score (nSPS) is 10.4. The molecule has 0 saturated carbocycles. The van der Waals surface area contributed by atoms with Gasteiger partial charge in [-0.3, -0.25) is 9.59 Å². The zero-order chi connectivity index (χ0) is 16.8. The number of carbonyl (C=O) groups excluding carboxylic acids is 2. The molecule has 0 bridgehead atoms. The molecule has 1 amide bonds. The third-order valence-corrected chi connectivity index (χ3v) is 4.34. The van der Waals surface area contributed by atoms with Crippen molar-refractivity contribution in [2.45, 2.75) is 13.3 Å². The summed E-state index contributed by atoms with van der Waals surface area (Å²) in [5.41, 5.74) is 1.50. The second kappa shape index (κ2) is 8.08. The number of amides is 1. The van der Waals surface area contributed by atoms with Gasteiger partial charge in [-0.05, 0) is 13.0 Å². The summed E-state index contributed by atoms with van der Waals surface area (Å²) in [7, 11) is 1.57. The molecule has 2 aromatic rings. The Balaban J connectivity index is 2.00. The maximum Gasteiger partial charge on any atom is 0.325 e. The summed E-state index contributed by atoms with van der Waals surface area (Å²) in [6.45, 7) is 1.97. The topological polar surface area (TPSA) is 59.5 Å². The van der Waals surface area contributed by atoms with Crippen molar-refractivity contribution in [2.75, 3.05) is 20.2 Å². The first-order valence-electron chi connectivity index (χ1n) is 7.10. The first-order chi connectivity index (χ1) is 11.0. The summed E-state index contributed by atoms with van der Waals surface area (Å²) in [6.07, 6.45) is 0.136. The number of halogens is 1. The Morgan fingerprint density at radius 3 is 2.78 bits per heavy atom. The first-order valence-corrected chi connectivity index (χ1v) is 8.36. The van der Waals surface area contributed by atoms with E-state index in [1.54, 1.807) is 20.0 Å². The Labute approximate surface area is 143 Å². The molecule has 1 aromatic heterocycles. The smallest absolute Gasteiger partial charge is 0.325 e. The highest BCUT2D eigenvalue weighted by Gasteiger charge is 2.16. The van der Waals surface area contributed by atoms with E-state index in [4.69, 9.17) is 16.3 Å². The van der Waals surface area contributed by atoms with Crippen LogP contribution >= 0.6 is 22.9 Å². The van der Waals surface area contributed by atoms with E-state index in [0.29, 0.717) is 17.3 Å². The summed E-state index contributed by atoms with van der Waals surface area (Å²) >= 11 is 7.59. The standard InChI is InChI=1S/C16H17ClN2O3S/c1-3-22-15(21)9-19(2)14(20)8-11-10-23-16(18-11)12-6-4-5-7-13(12)17/h4-7,10H,3,8-9H2,1-2H3. The van der Waals surface area contributed by atoms with Crippen LogP contribution in [0.25, 0.3) is 10.6 Å². The van der Waals surface area contributed by atoms with E-state index in [-0.39, 0.29) is 18.9 Å². The maximum absolute atomic E-state index is 12.1. The highest BCUT2D eigenvalue weighted by molar-refractivity contribution is 7.13. The van der Waals surface area contributed by atoms with Gasteiger partial charge in [-0.25, -0.2) is 4.98 Å². The van der Waals surface area contributed by atoms with Crippen LogP contribution in [0.4, 0.5) is 0 Å². The largest absolute Gasteiger partial charge is 0.465 e. The lowest BCUT2D eigenvalue weighted by molar-refractivity contribution is -0.147. The molecule has 2 rings (SSSR count). The van der Waals surface area contributed by atoms with E-state index in [1.165, 1.54) is 16.2 Å². The summed E-state index contributed by atoms with van der Waals surface area (Å²) in [6, 6.07) is 7.44. The first kappa shape index (κ1) is 17.4. The second-order valence-electron chi connectivity index (χ2n) is 4.86. The fourth-order valence-electron chi connectivity index (χ4n) is 1.92. The van der Waals surface area contributed by atoms with Gasteiger partial charge in [0.2, 0.25) is 5.91 Å². The van der Waals surface area contributed by atoms with Gasteiger partial charge >= 0.3 is 5.97 Å². The number of thiazole rings is 1. The van der Waals surface area contributed by atoms with Crippen molar-refractivity contribution in [3.05, 3.63) is 40.4 Å². The van der Waals surface area contributed by atoms with Crippen molar-refractivity contribution < 1.29 is 14.3 Å². The predicted octanol–water partition coefficient (Wildman–Crippen LogP) is 3.03. The lowest BCUT2D eigenvalue weighted by Gasteiger charge is -2.15. The number of likely N-dealkylation sites (N-methyl/N-ethyl adjacent to an activating group) is 1. The molecule has 0 fully saturated rings. The van der Waals surface area contributed by atoms with Crippen LogP contribution in [0.1, 0.15) is 12.6 Å². The predicted molar refractivity (Wildman–Crippen MR) is 90.5 cm³/mol. The van der Waals surface area contributed by atoms with Gasteiger partial charge < -0.3 is 9.64 Å². The molecule has 122 valence electrons. The third kappa shape index (κ3) is 4.77. The number of esters is 1. The molecule has 5 nitrogen and oxygen atoms in total. The molecule has 0 N–H and O–H groups in total. The van der Waals surface area contributed by atoms with Crippen LogP contribution in [0, 0.1) is 0 Å². The Morgan fingerprint density at radius 1 is 1.35 bits per heavy atom. The molecule has 0 aliphatic heterocycles. The van der Waals surface area contributed by atoms with Crippen LogP contribution in [-0.2, 0) is 20.7 Å². The number of aromatic nitrogens is 1. The summed E-state index contributed by atoms with van der Waals surface area (Å²) in [4.78, 5) is 29.3. The monoisotopic (exact) mass is 352 g/mol. The van der Waals surface area contributed by atoms with Crippen molar-refractivity contribution in [3.8, 4) is 10.6 Å². The minimum absolute atomic E-state index is 0.0613. The van der Waals surface area contributed by atoms with Gasteiger partial charge in [-0.2, -0.15) is 0 Å². The van der Waals surface area contributed by atoms with E-state index >= 15 is 0 Å². The van der Waals surface area contributed by atoms with Crippen molar-refractivity contribution in [1.82, 2.24) is 9.88 Å². The number of benzene rings is 1. The fourth-order valence-corrected chi connectivity index (χ4v) is 3.06. The van der Waals surface area contributed by atoms with Crippen LogP contribution in [-0.4, -0.2) is 42.0 Å². The fraction of sp³-hybridized carbons (Fsp3) is 0.312. The molecule has 23 heavy (non-hydrogen) atoms. The Bertz CT molecular complexity index is 702. The molecular weight excluding hydrogens is 336 g/mol. The molecule has 0 unspecified atom stereocenters. The Morgan fingerprint density at radius 2 is 2.09 bits per heavy atom. The van der Waals surface area contributed by atoms with Crippen molar-refractivity contribution >= 4 is 34.8 Å². The SMILES string of the molecule is CCOC(=O)CN(C)C(=O)Cc1csc(-c2ccccc2Cl)n1. The van der Waals surface area contributed by atoms with Gasteiger partial charge in [0.1, 0.15) is 11.6 Å². The summed E-state index contributed by atoms with van der Waals surface area (Å²) in [5.74, 6) is -0.604. The quantitative estimate of drug-likeness (QED) is 0.750. The average Bonchev–Trinajstić information content (AvgIpc) is 2.96. The van der Waals surface area contributed by atoms with Crippen LogP contribution in [0.5, 0.6) is 0 Å². The number of nitrogens with zero attached hydrogens (tertiary/aromatic N) is 2. The average molecular weight is 353 g/mol. The van der Waals surface area contributed by atoms with E-state index in [2.05, 4.69) is 4.98 Å². The van der Waals surface area contributed by atoms with Crippen LogP contribution in [0.3, 0.4) is 0 Å². The van der Waals surface area contributed by atoms with Gasteiger partial charge in [-0.1, -0.05) is 29.8 Å². The zero-order valence-electron chi connectivity index (χ0n) is 12.9. The number of hydrogen-bond acceptors (Lipinski definition) is 5.